The Morgan fingerprint density at radius 1 is 1.53 bits per heavy atom. The van der Waals surface area contributed by atoms with Gasteiger partial charge in [-0.3, -0.25) is 0 Å². The van der Waals surface area contributed by atoms with Crippen LogP contribution < -0.4 is 10.5 Å². The van der Waals surface area contributed by atoms with E-state index in [4.69, 9.17) is 10.5 Å². The maximum absolute atomic E-state index is 6.21. The molecule has 2 unspecified atom stereocenters. The highest BCUT2D eigenvalue weighted by atomic mass is 79.9. The maximum Gasteiger partial charge on any atom is 0.123 e. The Balaban J connectivity index is 2.56. The molecule has 0 spiro atoms. The monoisotopic (exact) mass is 287 g/mol. The number of benzene rings is 1. The highest BCUT2D eigenvalue weighted by molar-refractivity contribution is 9.10. The van der Waals surface area contributed by atoms with Crippen molar-refractivity contribution in [1.82, 2.24) is 0 Å². The van der Waals surface area contributed by atoms with Gasteiger partial charge in [0.25, 0.3) is 0 Å². The van der Waals surface area contributed by atoms with Gasteiger partial charge in [0.05, 0.1) is 7.11 Å². The van der Waals surface area contributed by atoms with Crippen molar-refractivity contribution in [3.8, 4) is 5.75 Å². The molecule has 1 aliphatic heterocycles. The molecule has 2 N–H and O–H groups in total. The first-order valence-electron chi connectivity index (χ1n) is 4.87. The second-order valence-electron chi connectivity index (χ2n) is 3.68. The minimum Gasteiger partial charge on any atom is -0.496 e. The van der Waals surface area contributed by atoms with Gasteiger partial charge in [0.1, 0.15) is 5.75 Å². The Hall–Kier alpha value is -0.190. The van der Waals surface area contributed by atoms with E-state index in [0.717, 1.165) is 16.0 Å². The van der Waals surface area contributed by atoms with E-state index in [1.165, 1.54) is 11.1 Å². The first kappa shape index (κ1) is 11.3. The second-order valence-corrected chi connectivity index (χ2v) is 5.90. The van der Waals surface area contributed by atoms with Crippen LogP contribution in [0.5, 0.6) is 5.75 Å². The second kappa shape index (κ2) is 4.36. The van der Waals surface area contributed by atoms with Gasteiger partial charge in [-0.15, -0.1) is 0 Å². The zero-order valence-electron chi connectivity index (χ0n) is 8.79. The van der Waals surface area contributed by atoms with Gasteiger partial charge in [0.2, 0.25) is 0 Å². The molecule has 0 fully saturated rings. The van der Waals surface area contributed by atoms with E-state index in [1.54, 1.807) is 7.11 Å². The molecular weight excluding hydrogens is 274 g/mol. The molecule has 1 aromatic rings. The highest BCUT2D eigenvalue weighted by Crippen LogP contribution is 2.43. The quantitative estimate of drug-likeness (QED) is 0.862. The maximum atomic E-state index is 6.21. The molecule has 15 heavy (non-hydrogen) atoms. The number of methoxy groups -OCH3 is 1. The Morgan fingerprint density at radius 2 is 2.27 bits per heavy atom. The molecule has 1 aromatic carbocycles. The van der Waals surface area contributed by atoms with Gasteiger partial charge in [-0.25, -0.2) is 0 Å². The fourth-order valence-electron chi connectivity index (χ4n) is 1.87. The normalized spacial score (nSPS) is 24.8. The number of hydrogen-bond acceptors (Lipinski definition) is 3. The van der Waals surface area contributed by atoms with Gasteiger partial charge in [-0.1, -0.05) is 22.9 Å². The standard InChI is InChI=1S/C11H14BrNOS/c1-6-11(13)10-7(5-15-6)9(14-2)4-3-8(10)12/h3-4,6,11H,5,13H2,1-2H3. The SMILES string of the molecule is COc1ccc(Br)c2c1CSC(C)C2N. The van der Waals surface area contributed by atoms with E-state index in [2.05, 4.69) is 22.9 Å². The molecule has 2 nitrogen and oxygen atoms in total. The molecule has 2 atom stereocenters. The van der Waals surface area contributed by atoms with E-state index >= 15 is 0 Å². The summed E-state index contributed by atoms with van der Waals surface area (Å²) in [5, 5.41) is 0.459. The van der Waals surface area contributed by atoms with Crippen molar-refractivity contribution in [3.05, 3.63) is 27.7 Å². The lowest BCUT2D eigenvalue weighted by atomic mass is 9.98. The fourth-order valence-corrected chi connectivity index (χ4v) is 3.58. The highest BCUT2D eigenvalue weighted by Gasteiger charge is 2.28. The molecule has 0 amide bonds. The number of rotatable bonds is 1. The summed E-state index contributed by atoms with van der Waals surface area (Å²) in [4.78, 5) is 0. The van der Waals surface area contributed by atoms with Crippen LogP contribution in [0.1, 0.15) is 24.1 Å². The molecule has 0 radical (unpaired) electrons. The number of fused-ring (bicyclic) bond motifs is 1. The van der Waals surface area contributed by atoms with Crippen LogP contribution in [0.15, 0.2) is 16.6 Å². The minimum absolute atomic E-state index is 0.0863. The lowest BCUT2D eigenvalue weighted by Gasteiger charge is -2.30. The van der Waals surface area contributed by atoms with Crippen molar-refractivity contribution < 1.29 is 4.74 Å². The van der Waals surface area contributed by atoms with Gasteiger partial charge in [-0.05, 0) is 17.7 Å². The van der Waals surface area contributed by atoms with Crippen molar-refractivity contribution in [2.75, 3.05) is 7.11 Å². The van der Waals surface area contributed by atoms with E-state index in [-0.39, 0.29) is 6.04 Å². The number of halogens is 1. The Kier molecular flexibility index (Phi) is 3.28. The van der Waals surface area contributed by atoms with Gasteiger partial charge < -0.3 is 10.5 Å². The summed E-state index contributed by atoms with van der Waals surface area (Å²) in [6.07, 6.45) is 0. The van der Waals surface area contributed by atoms with Crippen LogP contribution in [0.4, 0.5) is 0 Å². The molecule has 0 saturated heterocycles. The van der Waals surface area contributed by atoms with Crippen LogP contribution in [0.3, 0.4) is 0 Å². The molecule has 0 aliphatic carbocycles. The average Bonchev–Trinajstić information content (AvgIpc) is 2.24. The van der Waals surface area contributed by atoms with Gasteiger partial charge in [0, 0.05) is 27.1 Å². The number of thioether (sulfide) groups is 1. The summed E-state index contributed by atoms with van der Waals surface area (Å²) in [5.74, 6) is 1.93. The van der Waals surface area contributed by atoms with Crippen molar-refractivity contribution in [3.63, 3.8) is 0 Å². The molecule has 0 bridgehead atoms. The molecule has 0 aromatic heterocycles. The predicted octanol–water partition coefficient (Wildman–Crippen LogP) is 3.09. The summed E-state index contributed by atoms with van der Waals surface area (Å²) in [6, 6.07) is 4.09. The van der Waals surface area contributed by atoms with E-state index in [1.807, 2.05) is 23.9 Å². The molecule has 1 aliphatic rings. The molecule has 2 rings (SSSR count). The fraction of sp³-hybridized carbons (Fsp3) is 0.455. The van der Waals surface area contributed by atoms with Crippen molar-refractivity contribution >= 4 is 27.7 Å². The molecule has 4 heteroatoms. The zero-order valence-corrected chi connectivity index (χ0v) is 11.2. The lowest BCUT2D eigenvalue weighted by molar-refractivity contribution is 0.409. The molecule has 0 saturated carbocycles. The molecular formula is C11H14BrNOS. The van der Waals surface area contributed by atoms with Crippen LogP contribution >= 0.6 is 27.7 Å². The number of ether oxygens (including phenoxy) is 1. The third kappa shape index (κ3) is 1.90. The smallest absolute Gasteiger partial charge is 0.123 e. The zero-order chi connectivity index (χ0) is 11.0. The van der Waals surface area contributed by atoms with Crippen LogP contribution in [0, 0.1) is 0 Å². The summed E-state index contributed by atoms with van der Waals surface area (Å²) < 4.78 is 6.46. The summed E-state index contributed by atoms with van der Waals surface area (Å²) in [5.41, 5.74) is 8.66. The predicted molar refractivity (Wildman–Crippen MR) is 68.4 cm³/mol. The van der Waals surface area contributed by atoms with Crippen LogP contribution in [0.2, 0.25) is 0 Å². The van der Waals surface area contributed by atoms with Gasteiger partial charge in [0.15, 0.2) is 0 Å². The first-order chi connectivity index (χ1) is 7.15. The Morgan fingerprint density at radius 3 is 2.93 bits per heavy atom. The summed E-state index contributed by atoms with van der Waals surface area (Å²) >= 11 is 5.45. The van der Waals surface area contributed by atoms with E-state index < -0.39 is 0 Å². The van der Waals surface area contributed by atoms with Crippen LogP contribution in [-0.2, 0) is 5.75 Å². The molecule has 1 heterocycles. The summed E-state index contributed by atoms with van der Waals surface area (Å²) in [7, 11) is 1.71. The third-order valence-corrected chi connectivity index (χ3v) is 4.78. The van der Waals surface area contributed by atoms with Gasteiger partial charge in [-0.2, -0.15) is 11.8 Å². The minimum atomic E-state index is 0.0863. The van der Waals surface area contributed by atoms with Crippen molar-refractivity contribution in [1.29, 1.82) is 0 Å². The summed E-state index contributed by atoms with van der Waals surface area (Å²) in [6.45, 7) is 2.17. The van der Waals surface area contributed by atoms with E-state index in [9.17, 15) is 0 Å². The topological polar surface area (TPSA) is 35.2 Å². The van der Waals surface area contributed by atoms with Crippen molar-refractivity contribution in [2.45, 2.75) is 24.0 Å². The number of hydrogen-bond donors (Lipinski definition) is 1. The number of nitrogens with two attached hydrogens (primary N) is 1. The van der Waals surface area contributed by atoms with Crippen molar-refractivity contribution in [2.24, 2.45) is 5.73 Å². The van der Waals surface area contributed by atoms with Crippen LogP contribution in [0.25, 0.3) is 0 Å². The Bertz CT molecular complexity index is 383. The first-order valence-corrected chi connectivity index (χ1v) is 6.71. The lowest BCUT2D eigenvalue weighted by Crippen LogP contribution is -2.26. The van der Waals surface area contributed by atoms with E-state index in [0.29, 0.717) is 5.25 Å². The molecule has 82 valence electrons. The van der Waals surface area contributed by atoms with Gasteiger partial charge >= 0.3 is 0 Å². The third-order valence-electron chi connectivity index (χ3n) is 2.81. The average molecular weight is 288 g/mol. The Labute approximate surface area is 103 Å². The van der Waals surface area contributed by atoms with Crippen LogP contribution in [-0.4, -0.2) is 12.4 Å². The largest absolute Gasteiger partial charge is 0.496 e.